The molecule has 4 aliphatic carbocycles. The third-order valence-electron chi connectivity index (χ3n) is 8.15. The summed E-state index contributed by atoms with van der Waals surface area (Å²) in [6, 6.07) is 0.778. The molecule has 0 aromatic carbocycles. The first-order valence-corrected chi connectivity index (χ1v) is 12.8. The van der Waals surface area contributed by atoms with Crippen LogP contribution < -0.4 is 5.32 Å². The van der Waals surface area contributed by atoms with E-state index < -0.39 is 0 Å². The minimum atomic E-state index is -0.290. The number of hydrogen-bond acceptors (Lipinski definition) is 4. The third kappa shape index (κ3) is 4.30. The molecule has 0 radical (unpaired) electrons. The fraction of sp³-hybridized carbons (Fsp3) is 0.731. The van der Waals surface area contributed by atoms with Gasteiger partial charge in [0.05, 0.1) is 0 Å². The summed E-state index contributed by atoms with van der Waals surface area (Å²) in [6.07, 6.45) is 19.6. The van der Waals surface area contributed by atoms with E-state index >= 15 is 0 Å². The van der Waals surface area contributed by atoms with Gasteiger partial charge >= 0.3 is 0 Å². The normalized spacial score (nSPS) is 33.1. The Balaban J connectivity index is 1.36. The molecule has 0 spiro atoms. The van der Waals surface area contributed by atoms with Crippen molar-refractivity contribution in [2.45, 2.75) is 96.0 Å². The molecule has 170 valence electrons. The van der Waals surface area contributed by atoms with Gasteiger partial charge < -0.3 is 9.64 Å². The summed E-state index contributed by atoms with van der Waals surface area (Å²) in [6.45, 7) is 3.23. The summed E-state index contributed by atoms with van der Waals surface area (Å²) in [5.41, 5.74) is 2.71. The van der Waals surface area contributed by atoms with Crippen LogP contribution in [-0.4, -0.2) is 47.7 Å². The second kappa shape index (κ2) is 9.01. The third-order valence-corrected chi connectivity index (χ3v) is 8.15. The van der Waals surface area contributed by atoms with Gasteiger partial charge in [0, 0.05) is 37.3 Å². The zero-order chi connectivity index (χ0) is 21.4. The van der Waals surface area contributed by atoms with Crippen LogP contribution >= 0.6 is 0 Å². The van der Waals surface area contributed by atoms with Crippen LogP contribution in [0, 0.1) is 11.8 Å². The Kier molecular flexibility index (Phi) is 6.14. The maximum atomic E-state index is 13.5. The summed E-state index contributed by atoms with van der Waals surface area (Å²) in [5, 5.41) is 3.72. The summed E-state index contributed by atoms with van der Waals surface area (Å²) in [5.74, 6) is 1.81. The Morgan fingerprint density at radius 1 is 1.06 bits per heavy atom. The molecule has 0 aromatic rings. The predicted octanol–water partition coefficient (Wildman–Crippen LogP) is 4.68. The largest absolute Gasteiger partial charge is 0.451 e. The van der Waals surface area contributed by atoms with Crippen LogP contribution in [0.15, 0.2) is 35.3 Å². The van der Waals surface area contributed by atoms with Crippen molar-refractivity contribution in [3.63, 3.8) is 0 Å². The Labute approximate surface area is 187 Å². The molecule has 3 saturated carbocycles. The van der Waals surface area contributed by atoms with Gasteiger partial charge in [0.2, 0.25) is 6.35 Å². The molecule has 3 atom stereocenters. The minimum Gasteiger partial charge on any atom is -0.451 e. The first-order valence-electron chi connectivity index (χ1n) is 12.8. The van der Waals surface area contributed by atoms with Crippen molar-refractivity contribution in [2.75, 3.05) is 13.6 Å². The van der Waals surface area contributed by atoms with Crippen LogP contribution in [0.25, 0.3) is 0 Å². The molecule has 1 heterocycles. The van der Waals surface area contributed by atoms with Gasteiger partial charge in [-0.25, -0.2) is 0 Å². The number of allylic oxidation sites excluding steroid dienone is 5. The molecule has 0 bridgehead atoms. The van der Waals surface area contributed by atoms with Crippen LogP contribution in [-0.2, 0) is 9.53 Å². The topological polar surface area (TPSA) is 44.8 Å². The van der Waals surface area contributed by atoms with Crippen molar-refractivity contribution in [2.24, 2.45) is 11.8 Å². The van der Waals surface area contributed by atoms with Gasteiger partial charge in [-0.2, -0.15) is 0 Å². The average Bonchev–Trinajstić information content (AvgIpc) is 3.55. The Bertz CT molecular complexity index is 774. The number of nitrogens with one attached hydrogen (secondary N) is 1. The first-order chi connectivity index (χ1) is 15.2. The lowest BCUT2D eigenvalue weighted by Gasteiger charge is -2.36. The van der Waals surface area contributed by atoms with E-state index in [1.165, 1.54) is 69.1 Å². The number of fused-ring (bicyclic) bond motifs is 1. The molecule has 1 amide bonds. The van der Waals surface area contributed by atoms with Crippen molar-refractivity contribution in [3.8, 4) is 0 Å². The van der Waals surface area contributed by atoms with Crippen LogP contribution in [0.2, 0.25) is 0 Å². The van der Waals surface area contributed by atoms with Gasteiger partial charge in [0.25, 0.3) is 5.91 Å². The number of ether oxygens (including phenoxy) is 1. The molecule has 5 nitrogen and oxygen atoms in total. The maximum Gasteiger partial charge on any atom is 0.293 e. The zero-order valence-corrected chi connectivity index (χ0v) is 19.3. The fourth-order valence-corrected chi connectivity index (χ4v) is 6.08. The SMILES string of the molecule is CCN(C)C1=CC=C(/C=C2/OC(NC3CCCCC3)N(C3CCCCC3)C2=O)C2CC12. The summed E-state index contributed by atoms with van der Waals surface area (Å²) >= 11 is 0. The molecule has 3 unspecified atom stereocenters. The molecule has 4 fully saturated rings. The lowest BCUT2D eigenvalue weighted by molar-refractivity contribution is -0.131. The molecule has 5 rings (SSSR count). The highest BCUT2D eigenvalue weighted by molar-refractivity contribution is 5.94. The van der Waals surface area contributed by atoms with Gasteiger partial charge in [-0.1, -0.05) is 44.6 Å². The highest BCUT2D eigenvalue weighted by Crippen LogP contribution is 2.52. The fourth-order valence-electron chi connectivity index (χ4n) is 6.08. The second-order valence-corrected chi connectivity index (χ2v) is 10.2. The van der Waals surface area contributed by atoms with Crippen molar-refractivity contribution in [1.29, 1.82) is 0 Å². The molecular formula is C26H39N3O2. The summed E-state index contributed by atoms with van der Waals surface area (Å²) in [4.78, 5) is 17.9. The lowest BCUT2D eigenvalue weighted by Crippen LogP contribution is -2.53. The van der Waals surface area contributed by atoms with Gasteiger partial charge in [-0.05, 0) is 62.7 Å². The van der Waals surface area contributed by atoms with Gasteiger partial charge in [0.1, 0.15) is 0 Å². The molecule has 1 N–H and O–H groups in total. The van der Waals surface area contributed by atoms with Crippen molar-refractivity contribution >= 4 is 5.91 Å². The van der Waals surface area contributed by atoms with Crippen molar-refractivity contribution < 1.29 is 9.53 Å². The van der Waals surface area contributed by atoms with Gasteiger partial charge in [-0.3, -0.25) is 15.0 Å². The number of nitrogens with zero attached hydrogens (tertiary/aromatic N) is 2. The maximum absolute atomic E-state index is 13.5. The summed E-state index contributed by atoms with van der Waals surface area (Å²) < 4.78 is 6.36. The highest BCUT2D eigenvalue weighted by atomic mass is 16.5. The Morgan fingerprint density at radius 2 is 1.77 bits per heavy atom. The molecule has 1 saturated heterocycles. The number of rotatable bonds is 6. The van der Waals surface area contributed by atoms with Crippen LogP contribution in [0.4, 0.5) is 0 Å². The van der Waals surface area contributed by atoms with Gasteiger partial charge in [-0.15, -0.1) is 0 Å². The Hall–Kier alpha value is -1.75. The van der Waals surface area contributed by atoms with E-state index in [1.54, 1.807) is 0 Å². The standard InChI is InChI=1S/C26H39N3O2/c1-3-28(2)23-15-14-18(21-17-22(21)23)16-24-25(30)29(20-12-8-5-9-13-20)26(31-24)27-19-10-6-4-7-11-19/h14-16,19-22,26-27H,3-13,17H2,1-2H3/b24-16+. The molecule has 5 aliphatic rings. The van der Waals surface area contributed by atoms with Crippen molar-refractivity contribution in [3.05, 3.63) is 35.3 Å². The molecule has 5 heteroatoms. The van der Waals surface area contributed by atoms with E-state index in [2.05, 4.69) is 47.3 Å². The van der Waals surface area contributed by atoms with E-state index in [-0.39, 0.29) is 12.3 Å². The molecule has 1 aliphatic heterocycles. The van der Waals surface area contributed by atoms with E-state index in [4.69, 9.17) is 4.74 Å². The highest BCUT2D eigenvalue weighted by Gasteiger charge is 2.47. The summed E-state index contributed by atoms with van der Waals surface area (Å²) in [7, 11) is 2.17. The molecule has 0 aromatic heterocycles. The van der Waals surface area contributed by atoms with E-state index in [0.29, 0.717) is 29.7 Å². The van der Waals surface area contributed by atoms with E-state index in [0.717, 1.165) is 19.4 Å². The smallest absolute Gasteiger partial charge is 0.293 e. The number of carbonyl (C=O) groups is 1. The van der Waals surface area contributed by atoms with Crippen molar-refractivity contribution in [1.82, 2.24) is 15.1 Å². The van der Waals surface area contributed by atoms with Crippen LogP contribution in [0.1, 0.15) is 77.6 Å². The number of hydrogen-bond donors (Lipinski definition) is 1. The number of amides is 1. The zero-order valence-electron chi connectivity index (χ0n) is 19.3. The lowest BCUT2D eigenvalue weighted by atomic mass is 9.93. The molecule has 31 heavy (non-hydrogen) atoms. The number of carbonyl (C=O) groups excluding carboxylic acids is 1. The second-order valence-electron chi connectivity index (χ2n) is 10.2. The Morgan fingerprint density at radius 3 is 2.48 bits per heavy atom. The predicted molar refractivity (Wildman–Crippen MR) is 123 cm³/mol. The van der Waals surface area contributed by atoms with Crippen LogP contribution in [0.3, 0.4) is 0 Å². The quantitative estimate of drug-likeness (QED) is 0.628. The van der Waals surface area contributed by atoms with E-state index in [9.17, 15) is 4.79 Å². The monoisotopic (exact) mass is 425 g/mol. The average molecular weight is 426 g/mol. The van der Waals surface area contributed by atoms with E-state index in [1.807, 2.05) is 0 Å². The van der Waals surface area contributed by atoms with Gasteiger partial charge in [0.15, 0.2) is 5.76 Å². The minimum absolute atomic E-state index is 0.0961. The van der Waals surface area contributed by atoms with Crippen LogP contribution in [0.5, 0.6) is 0 Å². The molecular weight excluding hydrogens is 386 g/mol. The first kappa shape index (κ1) is 21.1.